The first-order valence-corrected chi connectivity index (χ1v) is 5.61. The molecule has 0 heterocycles. The predicted octanol–water partition coefficient (Wildman–Crippen LogP) is 3.05. The molecule has 1 atom stereocenters. The van der Waals surface area contributed by atoms with Crippen LogP contribution in [-0.4, -0.2) is 11.9 Å². The van der Waals surface area contributed by atoms with E-state index in [1.165, 1.54) is 6.07 Å². The fourth-order valence-electron chi connectivity index (χ4n) is 1.62. The first-order chi connectivity index (χ1) is 7.54. The van der Waals surface area contributed by atoms with Crippen molar-refractivity contribution in [3.63, 3.8) is 0 Å². The van der Waals surface area contributed by atoms with Crippen LogP contribution in [0.3, 0.4) is 0 Å². The van der Waals surface area contributed by atoms with Gasteiger partial charge < -0.3 is 5.32 Å². The number of nitrogens with one attached hydrogen (secondary N) is 1. The minimum atomic E-state index is -0.466. The second kappa shape index (κ2) is 5.64. The third kappa shape index (κ3) is 3.33. The molecule has 1 rings (SSSR count). The maximum absolute atomic E-state index is 13.4. The third-order valence-electron chi connectivity index (χ3n) is 2.47. The lowest BCUT2D eigenvalue weighted by Crippen LogP contribution is -2.32. The summed E-state index contributed by atoms with van der Waals surface area (Å²) in [6.07, 6.45) is 1.90. The number of halogens is 1. The molecule has 88 valence electrons. The second-order valence-electron chi connectivity index (χ2n) is 4.15. The number of hydrogen-bond donors (Lipinski definition) is 1. The topological polar surface area (TPSA) is 29.1 Å². The zero-order valence-corrected chi connectivity index (χ0v) is 10.0. The van der Waals surface area contributed by atoms with E-state index in [1.54, 1.807) is 12.1 Å². The molecule has 1 aromatic rings. The predicted molar refractivity (Wildman–Crippen MR) is 63.0 cm³/mol. The zero-order chi connectivity index (χ0) is 12.1. The lowest BCUT2D eigenvalue weighted by Gasteiger charge is -2.13. The standard InChI is InChI=1S/C13H18FNO/c1-4-5-10(3)15-13(16)11-8-9(2)6-7-12(11)14/h6-8,10H,4-5H2,1-3H3,(H,15,16). The smallest absolute Gasteiger partial charge is 0.254 e. The van der Waals surface area contributed by atoms with Gasteiger partial charge in [-0.15, -0.1) is 0 Å². The summed E-state index contributed by atoms with van der Waals surface area (Å²) in [5, 5.41) is 2.79. The summed E-state index contributed by atoms with van der Waals surface area (Å²) in [6, 6.07) is 4.64. The van der Waals surface area contributed by atoms with E-state index in [1.807, 2.05) is 13.8 Å². The highest BCUT2D eigenvalue weighted by Crippen LogP contribution is 2.10. The van der Waals surface area contributed by atoms with Crippen molar-refractivity contribution in [2.24, 2.45) is 0 Å². The molecule has 1 unspecified atom stereocenters. The van der Waals surface area contributed by atoms with E-state index in [9.17, 15) is 9.18 Å². The molecule has 0 aliphatic carbocycles. The van der Waals surface area contributed by atoms with Gasteiger partial charge >= 0.3 is 0 Å². The van der Waals surface area contributed by atoms with Crippen molar-refractivity contribution < 1.29 is 9.18 Å². The van der Waals surface area contributed by atoms with E-state index in [2.05, 4.69) is 12.2 Å². The Morgan fingerprint density at radius 2 is 2.19 bits per heavy atom. The molecule has 0 fully saturated rings. The van der Waals surface area contributed by atoms with E-state index in [-0.39, 0.29) is 17.5 Å². The van der Waals surface area contributed by atoms with Crippen LogP contribution in [0.5, 0.6) is 0 Å². The van der Waals surface area contributed by atoms with Crippen LogP contribution >= 0.6 is 0 Å². The number of carbonyl (C=O) groups excluding carboxylic acids is 1. The van der Waals surface area contributed by atoms with Gasteiger partial charge in [0.05, 0.1) is 5.56 Å². The average Bonchev–Trinajstić information content (AvgIpc) is 2.21. The average molecular weight is 223 g/mol. The van der Waals surface area contributed by atoms with E-state index in [0.717, 1.165) is 18.4 Å². The molecule has 3 heteroatoms. The summed E-state index contributed by atoms with van der Waals surface area (Å²) < 4.78 is 13.4. The summed E-state index contributed by atoms with van der Waals surface area (Å²) >= 11 is 0. The Balaban J connectivity index is 2.76. The number of rotatable bonds is 4. The summed E-state index contributed by atoms with van der Waals surface area (Å²) in [5.74, 6) is -0.797. The molecule has 0 spiro atoms. The Morgan fingerprint density at radius 3 is 2.81 bits per heavy atom. The minimum absolute atomic E-state index is 0.0809. The number of carbonyl (C=O) groups is 1. The summed E-state index contributed by atoms with van der Waals surface area (Å²) in [7, 11) is 0. The van der Waals surface area contributed by atoms with Gasteiger partial charge in [-0.25, -0.2) is 4.39 Å². The van der Waals surface area contributed by atoms with Crippen LogP contribution in [0.1, 0.15) is 42.6 Å². The van der Waals surface area contributed by atoms with Crippen LogP contribution in [0.15, 0.2) is 18.2 Å². The molecule has 0 saturated carbocycles. The van der Waals surface area contributed by atoms with Crippen LogP contribution in [0.2, 0.25) is 0 Å². The summed E-state index contributed by atoms with van der Waals surface area (Å²) in [4.78, 5) is 11.8. The van der Waals surface area contributed by atoms with Crippen LogP contribution in [0.4, 0.5) is 4.39 Å². The van der Waals surface area contributed by atoms with Gasteiger partial charge in [0.15, 0.2) is 0 Å². The van der Waals surface area contributed by atoms with Gasteiger partial charge in [-0.2, -0.15) is 0 Å². The molecule has 1 aromatic carbocycles. The number of amides is 1. The Hall–Kier alpha value is -1.38. The molecular formula is C13H18FNO. The van der Waals surface area contributed by atoms with Crippen molar-refractivity contribution in [3.8, 4) is 0 Å². The Labute approximate surface area is 95.9 Å². The minimum Gasteiger partial charge on any atom is -0.349 e. The summed E-state index contributed by atoms with van der Waals surface area (Å²) in [5.41, 5.74) is 1.01. The molecular weight excluding hydrogens is 205 g/mol. The molecule has 0 bridgehead atoms. The number of benzene rings is 1. The number of hydrogen-bond acceptors (Lipinski definition) is 1. The van der Waals surface area contributed by atoms with E-state index >= 15 is 0 Å². The van der Waals surface area contributed by atoms with Crippen LogP contribution in [-0.2, 0) is 0 Å². The van der Waals surface area contributed by atoms with Crippen LogP contribution in [0, 0.1) is 12.7 Å². The fourth-order valence-corrected chi connectivity index (χ4v) is 1.62. The van der Waals surface area contributed by atoms with E-state index in [4.69, 9.17) is 0 Å². The molecule has 1 N–H and O–H groups in total. The van der Waals surface area contributed by atoms with Crippen molar-refractivity contribution in [1.29, 1.82) is 0 Å². The monoisotopic (exact) mass is 223 g/mol. The summed E-state index contributed by atoms with van der Waals surface area (Å²) in [6.45, 7) is 5.82. The van der Waals surface area contributed by atoms with Crippen molar-refractivity contribution in [2.75, 3.05) is 0 Å². The van der Waals surface area contributed by atoms with Gasteiger partial charge in [-0.3, -0.25) is 4.79 Å². The molecule has 0 aromatic heterocycles. The van der Waals surface area contributed by atoms with Crippen LogP contribution < -0.4 is 5.32 Å². The van der Waals surface area contributed by atoms with Crippen molar-refractivity contribution in [3.05, 3.63) is 35.1 Å². The van der Waals surface area contributed by atoms with Crippen molar-refractivity contribution in [1.82, 2.24) is 5.32 Å². The van der Waals surface area contributed by atoms with Gasteiger partial charge in [0.1, 0.15) is 5.82 Å². The van der Waals surface area contributed by atoms with E-state index in [0.29, 0.717) is 0 Å². The highest BCUT2D eigenvalue weighted by Gasteiger charge is 2.13. The SMILES string of the molecule is CCCC(C)NC(=O)c1cc(C)ccc1F. The molecule has 0 radical (unpaired) electrons. The zero-order valence-electron chi connectivity index (χ0n) is 10.0. The van der Waals surface area contributed by atoms with Gasteiger partial charge in [0.2, 0.25) is 0 Å². The maximum atomic E-state index is 13.4. The first-order valence-electron chi connectivity index (χ1n) is 5.61. The third-order valence-corrected chi connectivity index (χ3v) is 2.47. The highest BCUT2D eigenvalue weighted by molar-refractivity contribution is 5.94. The molecule has 0 aliphatic rings. The van der Waals surface area contributed by atoms with Gasteiger partial charge in [-0.05, 0) is 32.4 Å². The normalized spacial score (nSPS) is 12.2. The van der Waals surface area contributed by atoms with Gasteiger partial charge in [0, 0.05) is 6.04 Å². The maximum Gasteiger partial charge on any atom is 0.254 e. The van der Waals surface area contributed by atoms with E-state index < -0.39 is 5.82 Å². The Kier molecular flexibility index (Phi) is 4.47. The van der Waals surface area contributed by atoms with Gasteiger partial charge in [0.25, 0.3) is 5.91 Å². The molecule has 0 aliphatic heterocycles. The van der Waals surface area contributed by atoms with Gasteiger partial charge in [-0.1, -0.05) is 25.0 Å². The lowest BCUT2D eigenvalue weighted by atomic mass is 10.1. The first kappa shape index (κ1) is 12.7. The van der Waals surface area contributed by atoms with Crippen molar-refractivity contribution in [2.45, 2.75) is 39.7 Å². The van der Waals surface area contributed by atoms with Crippen molar-refractivity contribution >= 4 is 5.91 Å². The quantitative estimate of drug-likeness (QED) is 0.835. The highest BCUT2D eigenvalue weighted by atomic mass is 19.1. The Bertz CT molecular complexity index is 376. The lowest BCUT2D eigenvalue weighted by molar-refractivity contribution is 0.0934. The molecule has 1 amide bonds. The molecule has 16 heavy (non-hydrogen) atoms. The Morgan fingerprint density at radius 1 is 1.50 bits per heavy atom. The number of aryl methyl sites for hydroxylation is 1. The molecule has 2 nitrogen and oxygen atoms in total. The van der Waals surface area contributed by atoms with Crippen LogP contribution in [0.25, 0.3) is 0 Å². The fraction of sp³-hybridized carbons (Fsp3) is 0.462. The molecule has 0 saturated heterocycles. The second-order valence-corrected chi connectivity index (χ2v) is 4.15. The largest absolute Gasteiger partial charge is 0.349 e.